The second kappa shape index (κ2) is 10.7. The fourth-order valence-corrected chi connectivity index (χ4v) is 2.85. The van der Waals surface area contributed by atoms with Crippen molar-refractivity contribution in [3.63, 3.8) is 0 Å². The van der Waals surface area contributed by atoms with Crippen LogP contribution in [0.4, 0.5) is 4.79 Å². The lowest BCUT2D eigenvalue weighted by Gasteiger charge is -2.22. The van der Waals surface area contributed by atoms with Crippen LogP contribution in [0.15, 0.2) is 24.3 Å². The average molecular weight is 376 g/mol. The van der Waals surface area contributed by atoms with E-state index in [-0.39, 0.29) is 12.1 Å². The van der Waals surface area contributed by atoms with Gasteiger partial charge >= 0.3 is 12.0 Å². The Morgan fingerprint density at radius 1 is 1.07 bits per heavy atom. The fourth-order valence-electron chi connectivity index (χ4n) is 2.85. The molecule has 0 bridgehead atoms. The molecule has 2 N–H and O–H groups in total. The van der Waals surface area contributed by atoms with Crippen LogP contribution in [-0.4, -0.2) is 36.7 Å². The first-order valence-electron chi connectivity index (χ1n) is 9.42. The lowest BCUT2D eigenvalue weighted by molar-refractivity contribution is -0.123. The molecule has 1 aliphatic carbocycles. The Morgan fingerprint density at radius 2 is 1.74 bits per heavy atom. The standard InChI is InChI=1S/C20H28N2O5/c1-14(2)26-12-15-8-10-16(11-9-15)19(24)27-13-18(23)22-20(25)21-17-6-4-3-5-7-17/h8-11,14,17H,3-7,12-13H2,1-2H3,(H2,21,22,23,25). The molecule has 1 aromatic carbocycles. The fraction of sp³-hybridized carbons (Fsp3) is 0.550. The van der Waals surface area contributed by atoms with Gasteiger partial charge in [-0.25, -0.2) is 9.59 Å². The number of hydrogen-bond donors (Lipinski definition) is 2. The number of amides is 3. The van der Waals surface area contributed by atoms with Crippen molar-refractivity contribution < 1.29 is 23.9 Å². The molecule has 1 aliphatic rings. The number of carbonyl (C=O) groups excluding carboxylic acids is 3. The first-order valence-corrected chi connectivity index (χ1v) is 9.42. The van der Waals surface area contributed by atoms with Crippen LogP contribution in [0.3, 0.4) is 0 Å². The topological polar surface area (TPSA) is 93.7 Å². The zero-order valence-electron chi connectivity index (χ0n) is 16.0. The van der Waals surface area contributed by atoms with Gasteiger partial charge in [-0.15, -0.1) is 0 Å². The molecular formula is C20H28N2O5. The highest BCUT2D eigenvalue weighted by Gasteiger charge is 2.17. The van der Waals surface area contributed by atoms with E-state index in [1.807, 2.05) is 13.8 Å². The summed E-state index contributed by atoms with van der Waals surface area (Å²) in [6.07, 6.45) is 5.32. The van der Waals surface area contributed by atoms with Gasteiger partial charge in [0.1, 0.15) is 0 Å². The molecule has 7 nitrogen and oxygen atoms in total. The number of rotatable bonds is 7. The van der Waals surface area contributed by atoms with Gasteiger partial charge in [-0.05, 0) is 44.4 Å². The lowest BCUT2D eigenvalue weighted by atomic mass is 9.96. The molecule has 0 saturated heterocycles. The van der Waals surface area contributed by atoms with Crippen molar-refractivity contribution in [2.45, 2.75) is 64.7 Å². The number of urea groups is 1. The van der Waals surface area contributed by atoms with Gasteiger partial charge in [0.2, 0.25) is 0 Å². The van der Waals surface area contributed by atoms with E-state index < -0.39 is 24.5 Å². The molecule has 3 amide bonds. The van der Waals surface area contributed by atoms with Crippen LogP contribution < -0.4 is 10.6 Å². The minimum atomic E-state index is -0.654. The Bertz CT molecular complexity index is 636. The van der Waals surface area contributed by atoms with Gasteiger partial charge in [0.05, 0.1) is 18.3 Å². The predicted octanol–water partition coefficient (Wildman–Crippen LogP) is 2.93. The molecule has 0 radical (unpaired) electrons. The van der Waals surface area contributed by atoms with Crippen LogP contribution in [0.1, 0.15) is 61.9 Å². The van der Waals surface area contributed by atoms with E-state index in [9.17, 15) is 14.4 Å². The third-order valence-electron chi connectivity index (χ3n) is 4.30. The summed E-state index contributed by atoms with van der Waals surface area (Å²) in [5.41, 5.74) is 1.28. The van der Waals surface area contributed by atoms with Gasteiger partial charge < -0.3 is 14.8 Å². The van der Waals surface area contributed by atoms with Gasteiger partial charge in [-0.3, -0.25) is 10.1 Å². The van der Waals surface area contributed by atoms with E-state index >= 15 is 0 Å². The molecule has 1 fully saturated rings. The maximum absolute atomic E-state index is 12.0. The van der Waals surface area contributed by atoms with Crippen LogP contribution in [-0.2, 0) is 20.9 Å². The summed E-state index contributed by atoms with van der Waals surface area (Å²) in [4.78, 5) is 35.6. The first kappa shape index (κ1) is 20.9. The Labute approximate surface area is 159 Å². The number of imide groups is 1. The SMILES string of the molecule is CC(C)OCc1ccc(C(=O)OCC(=O)NC(=O)NC2CCCCC2)cc1. The maximum Gasteiger partial charge on any atom is 0.338 e. The third-order valence-corrected chi connectivity index (χ3v) is 4.30. The summed E-state index contributed by atoms with van der Waals surface area (Å²) < 4.78 is 10.4. The molecule has 0 atom stereocenters. The molecule has 0 spiro atoms. The summed E-state index contributed by atoms with van der Waals surface area (Å²) in [6.45, 7) is 3.86. The number of ether oxygens (including phenoxy) is 2. The minimum Gasteiger partial charge on any atom is -0.452 e. The van der Waals surface area contributed by atoms with Crippen molar-refractivity contribution in [3.8, 4) is 0 Å². The number of carbonyl (C=O) groups is 3. The molecule has 1 aromatic rings. The summed E-state index contributed by atoms with van der Waals surface area (Å²) in [5.74, 6) is -1.27. The maximum atomic E-state index is 12.0. The van der Waals surface area contributed by atoms with Crippen molar-refractivity contribution in [1.29, 1.82) is 0 Å². The van der Waals surface area contributed by atoms with Gasteiger partial charge in [0, 0.05) is 6.04 Å². The number of benzene rings is 1. The molecular weight excluding hydrogens is 348 g/mol. The average Bonchev–Trinajstić information content (AvgIpc) is 2.65. The van der Waals surface area contributed by atoms with Crippen molar-refractivity contribution in [2.75, 3.05) is 6.61 Å². The summed E-state index contributed by atoms with van der Waals surface area (Å²) in [6, 6.07) is 6.35. The predicted molar refractivity (Wildman–Crippen MR) is 100 cm³/mol. The van der Waals surface area contributed by atoms with Crippen LogP contribution in [0.5, 0.6) is 0 Å². The summed E-state index contributed by atoms with van der Waals surface area (Å²) >= 11 is 0. The van der Waals surface area contributed by atoms with Crippen molar-refractivity contribution in [2.24, 2.45) is 0 Å². The smallest absolute Gasteiger partial charge is 0.338 e. The number of hydrogen-bond acceptors (Lipinski definition) is 5. The zero-order valence-corrected chi connectivity index (χ0v) is 16.0. The summed E-state index contributed by atoms with van der Waals surface area (Å²) in [5, 5.41) is 4.96. The van der Waals surface area contributed by atoms with Gasteiger partial charge in [-0.2, -0.15) is 0 Å². The minimum absolute atomic E-state index is 0.104. The van der Waals surface area contributed by atoms with E-state index in [2.05, 4.69) is 10.6 Å². The van der Waals surface area contributed by atoms with Crippen molar-refractivity contribution in [1.82, 2.24) is 10.6 Å². The van der Waals surface area contributed by atoms with Gasteiger partial charge in [0.15, 0.2) is 6.61 Å². The molecule has 0 aliphatic heterocycles. The zero-order chi connectivity index (χ0) is 19.6. The molecule has 27 heavy (non-hydrogen) atoms. The highest BCUT2D eigenvalue weighted by Crippen LogP contribution is 2.17. The Hall–Kier alpha value is -2.41. The summed E-state index contributed by atoms with van der Waals surface area (Å²) in [7, 11) is 0. The van der Waals surface area contributed by atoms with Crippen molar-refractivity contribution >= 4 is 17.9 Å². The van der Waals surface area contributed by atoms with Crippen LogP contribution >= 0.6 is 0 Å². The van der Waals surface area contributed by atoms with Gasteiger partial charge in [0.25, 0.3) is 5.91 Å². The van der Waals surface area contributed by atoms with Gasteiger partial charge in [-0.1, -0.05) is 31.4 Å². The number of esters is 1. The van der Waals surface area contributed by atoms with E-state index in [4.69, 9.17) is 9.47 Å². The highest BCUT2D eigenvalue weighted by atomic mass is 16.5. The molecule has 0 heterocycles. The molecule has 0 unspecified atom stereocenters. The largest absolute Gasteiger partial charge is 0.452 e. The monoisotopic (exact) mass is 376 g/mol. The third kappa shape index (κ3) is 7.78. The second-order valence-electron chi connectivity index (χ2n) is 6.99. The molecule has 1 saturated carbocycles. The molecule has 7 heteroatoms. The van der Waals surface area contributed by atoms with E-state index in [1.54, 1.807) is 24.3 Å². The molecule has 148 valence electrons. The first-order chi connectivity index (χ1) is 12.9. The van der Waals surface area contributed by atoms with Crippen LogP contribution in [0, 0.1) is 0 Å². The van der Waals surface area contributed by atoms with E-state index in [1.165, 1.54) is 6.42 Å². The Morgan fingerprint density at radius 3 is 2.37 bits per heavy atom. The second-order valence-corrected chi connectivity index (χ2v) is 6.99. The van der Waals surface area contributed by atoms with E-state index in [0.29, 0.717) is 12.2 Å². The Kier molecular flexibility index (Phi) is 8.26. The lowest BCUT2D eigenvalue weighted by Crippen LogP contribution is -2.46. The number of nitrogens with one attached hydrogen (secondary N) is 2. The van der Waals surface area contributed by atoms with Crippen molar-refractivity contribution in [3.05, 3.63) is 35.4 Å². The normalized spacial score (nSPS) is 14.6. The van der Waals surface area contributed by atoms with Crippen LogP contribution in [0.25, 0.3) is 0 Å². The van der Waals surface area contributed by atoms with Crippen LogP contribution in [0.2, 0.25) is 0 Å². The molecule has 2 rings (SSSR count). The highest BCUT2D eigenvalue weighted by molar-refractivity contribution is 5.97. The quantitative estimate of drug-likeness (QED) is 0.714. The molecule has 0 aromatic heterocycles. The van der Waals surface area contributed by atoms with E-state index in [0.717, 1.165) is 31.2 Å². The Balaban J connectivity index is 1.70.